The maximum atomic E-state index is 14.4. The summed E-state index contributed by atoms with van der Waals surface area (Å²) in [7, 11) is 4.42. The number of Topliss-reactive ketones (excluding diaryl/α,β-unsaturated/α-hetero) is 4. The van der Waals surface area contributed by atoms with Gasteiger partial charge in [-0.3, -0.25) is 24.0 Å². The summed E-state index contributed by atoms with van der Waals surface area (Å²) in [5.41, 5.74) is 1.13. The Hall–Kier alpha value is -3.44. The molecule has 0 radical (unpaired) electrons. The lowest BCUT2D eigenvalue weighted by Crippen LogP contribution is -2.61. The van der Waals surface area contributed by atoms with Gasteiger partial charge in [0.2, 0.25) is 5.79 Å². The van der Waals surface area contributed by atoms with Gasteiger partial charge in [0.15, 0.2) is 5.78 Å². The van der Waals surface area contributed by atoms with Gasteiger partial charge in [-0.05, 0) is 101 Å². The van der Waals surface area contributed by atoms with E-state index in [4.69, 9.17) is 23.7 Å². The number of nitrogens with zero attached hydrogens (tertiary/aromatic N) is 1. The van der Waals surface area contributed by atoms with E-state index in [9.17, 15) is 44.1 Å². The number of ketones is 4. The van der Waals surface area contributed by atoms with Gasteiger partial charge in [0.05, 0.1) is 24.4 Å². The van der Waals surface area contributed by atoms with Gasteiger partial charge in [-0.2, -0.15) is 0 Å². The van der Waals surface area contributed by atoms with E-state index in [2.05, 4.69) is 0 Å². The zero-order valence-corrected chi connectivity index (χ0v) is 41.1. The minimum Gasteiger partial charge on any atom is -0.460 e. The SMILES string of the molecule is CO[C@H]1C[C@@H]2CC[C@@H](C)[C@@](O)(O2)C(=O)C(=O)N2CCCC[C@H]2C(=O)O[C@H]([C@H](C)C[C@@H]2CC[C@@H](O)[C@H](OC)C2)CC(=O)[C@H](C)/C=C(\C)[C@@H](O)[C@@H](OC)C(=O)[C@H](C)C[C@H](C)C(=O)C/C=C/C=C/1C. The smallest absolute Gasteiger partial charge is 0.329 e. The second-order valence-corrected chi connectivity index (χ2v) is 19.8. The highest BCUT2D eigenvalue weighted by molar-refractivity contribution is 6.39. The van der Waals surface area contributed by atoms with Crippen molar-refractivity contribution in [2.75, 3.05) is 27.9 Å². The third kappa shape index (κ3) is 14.1. The molecule has 1 amide bonds. The van der Waals surface area contributed by atoms with Crippen LogP contribution in [-0.4, -0.2) is 138 Å². The predicted molar refractivity (Wildman–Crippen MR) is 246 cm³/mol. The van der Waals surface area contributed by atoms with Crippen LogP contribution in [0.15, 0.2) is 35.5 Å². The molecule has 15 nitrogen and oxygen atoms in total. The Morgan fingerprint density at radius 3 is 2.21 bits per heavy atom. The molecule has 66 heavy (non-hydrogen) atoms. The largest absolute Gasteiger partial charge is 0.460 e. The van der Waals surface area contributed by atoms with E-state index < -0.39 is 89.8 Å². The monoisotopic (exact) mass is 930 g/mol. The average molecular weight is 930 g/mol. The lowest BCUT2D eigenvalue weighted by atomic mass is 9.78. The molecule has 2 bridgehead atoms. The van der Waals surface area contributed by atoms with Gasteiger partial charge in [0.25, 0.3) is 11.7 Å². The van der Waals surface area contributed by atoms with Gasteiger partial charge < -0.3 is 43.9 Å². The zero-order valence-electron chi connectivity index (χ0n) is 41.1. The molecule has 4 rings (SSSR count). The van der Waals surface area contributed by atoms with E-state index in [1.165, 1.54) is 19.1 Å². The Bertz CT molecular complexity index is 1790. The number of piperidine rings is 1. The number of carbonyl (C=O) groups is 6. The van der Waals surface area contributed by atoms with Gasteiger partial charge in [-0.1, -0.05) is 58.9 Å². The van der Waals surface area contributed by atoms with Crippen molar-refractivity contribution in [3.8, 4) is 0 Å². The number of allylic oxidation sites excluding steroid dienone is 4. The summed E-state index contributed by atoms with van der Waals surface area (Å²) >= 11 is 0. The van der Waals surface area contributed by atoms with E-state index in [-0.39, 0.29) is 73.9 Å². The van der Waals surface area contributed by atoms with Gasteiger partial charge >= 0.3 is 5.97 Å². The van der Waals surface area contributed by atoms with E-state index in [0.29, 0.717) is 56.9 Å². The third-order valence-electron chi connectivity index (χ3n) is 14.8. The summed E-state index contributed by atoms with van der Waals surface area (Å²) in [6.07, 6.45) is 6.14. The van der Waals surface area contributed by atoms with Gasteiger partial charge in [-0.15, -0.1) is 0 Å². The van der Waals surface area contributed by atoms with Crippen LogP contribution >= 0.6 is 0 Å². The fraction of sp³-hybridized carbons (Fsp3) is 0.765. The minimum absolute atomic E-state index is 0.0706. The Morgan fingerprint density at radius 2 is 1.55 bits per heavy atom. The van der Waals surface area contributed by atoms with Gasteiger partial charge in [0.1, 0.15) is 35.9 Å². The van der Waals surface area contributed by atoms with Crippen LogP contribution < -0.4 is 0 Å². The van der Waals surface area contributed by atoms with Crippen molar-refractivity contribution < 1.29 is 67.8 Å². The van der Waals surface area contributed by atoms with E-state index in [1.54, 1.807) is 60.0 Å². The Balaban J connectivity index is 1.70. The summed E-state index contributed by atoms with van der Waals surface area (Å²) in [6, 6.07) is -1.16. The molecule has 0 unspecified atom stereocenters. The fourth-order valence-corrected chi connectivity index (χ4v) is 10.2. The predicted octanol–water partition coefficient (Wildman–Crippen LogP) is 5.58. The van der Waals surface area contributed by atoms with Crippen LogP contribution in [-0.2, 0) is 52.5 Å². The van der Waals surface area contributed by atoms with E-state index in [0.717, 1.165) is 5.57 Å². The first-order valence-electron chi connectivity index (χ1n) is 24.2. The highest BCUT2D eigenvalue weighted by Crippen LogP contribution is 2.38. The minimum atomic E-state index is -2.46. The molecular formula is C51H79NO14. The summed E-state index contributed by atoms with van der Waals surface area (Å²) in [4.78, 5) is 85.0. The first-order valence-corrected chi connectivity index (χ1v) is 24.2. The molecule has 15 heteroatoms. The number of aliphatic hydroxyl groups is 3. The van der Waals surface area contributed by atoms with E-state index in [1.807, 2.05) is 19.9 Å². The molecule has 1 saturated carbocycles. The maximum absolute atomic E-state index is 14.4. The quantitative estimate of drug-likeness (QED) is 0.169. The normalized spacial score (nSPS) is 39.8. The number of carbonyl (C=O) groups excluding carboxylic acids is 6. The second kappa shape index (κ2) is 25.2. The van der Waals surface area contributed by atoms with Crippen molar-refractivity contribution in [2.45, 2.75) is 186 Å². The molecule has 0 aromatic rings. The first-order chi connectivity index (χ1) is 31.2. The number of hydrogen-bond acceptors (Lipinski definition) is 14. The first kappa shape index (κ1) is 55.2. The van der Waals surface area contributed by atoms with Crippen molar-refractivity contribution in [1.82, 2.24) is 4.90 Å². The van der Waals surface area contributed by atoms with Gasteiger partial charge in [0, 0.05) is 70.8 Å². The molecule has 2 saturated heterocycles. The third-order valence-corrected chi connectivity index (χ3v) is 14.8. The molecule has 15 atom stereocenters. The topological polar surface area (TPSA) is 212 Å². The molecule has 372 valence electrons. The number of fused-ring (bicyclic) bond motifs is 3. The average Bonchev–Trinajstić information content (AvgIpc) is 3.29. The molecule has 0 spiro atoms. The number of esters is 1. The fourth-order valence-electron chi connectivity index (χ4n) is 10.2. The van der Waals surface area contributed by atoms with Crippen LogP contribution in [0.1, 0.15) is 132 Å². The molecule has 3 heterocycles. The van der Waals surface area contributed by atoms with Crippen molar-refractivity contribution in [2.24, 2.45) is 35.5 Å². The van der Waals surface area contributed by atoms with Crippen molar-refractivity contribution in [1.29, 1.82) is 0 Å². The highest BCUT2D eigenvalue weighted by atomic mass is 16.6. The molecule has 3 aliphatic heterocycles. The zero-order chi connectivity index (χ0) is 49.0. The molecular weight excluding hydrogens is 851 g/mol. The van der Waals surface area contributed by atoms with Crippen molar-refractivity contribution in [3.05, 3.63) is 35.5 Å². The summed E-state index contributed by atoms with van der Waals surface area (Å²) < 4.78 is 29.3. The lowest BCUT2D eigenvalue weighted by molar-refractivity contribution is -0.265. The van der Waals surface area contributed by atoms with Crippen LogP contribution in [0.4, 0.5) is 0 Å². The maximum Gasteiger partial charge on any atom is 0.329 e. The molecule has 1 aliphatic carbocycles. The number of cyclic esters (lactones) is 1. The number of methoxy groups -OCH3 is 3. The standard InChI is InChI=1S/C51H79NO14/c1-29-15-11-12-17-39(53)30(2)23-33(5)45(56)47(64-10)46(57)34(6)24-31(3)41(55)28-43(32(4)25-36-19-21-40(54)44(26-36)63-9)65-50(60)38-16-13-14-22-52(38)49(59)48(58)51(61)35(7)18-20-37(66-51)27-42(29)62-8/h11-12,15,24,30-33,35-38,40,42-44,46-47,54,57,61H,13-14,16-23,25-28H2,1-10H3/b12-11+,29-15+,34-24+/t30-,31+,32+,33+,35+,36-,37-,38-,40+,42-,43-,44+,46+,47-,51+/m0/s1. The van der Waals surface area contributed by atoms with Crippen LogP contribution in [0.25, 0.3) is 0 Å². The summed E-state index contributed by atoms with van der Waals surface area (Å²) in [6.45, 7) is 12.2. The van der Waals surface area contributed by atoms with Gasteiger partial charge in [-0.25, -0.2) is 4.79 Å². The van der Waals surface area contributed by atoms with Crippen LogP contribution in [0.2, 0.25) is 0 Å². The Morgan fingerprint density at radius 1 is 0.833 bits per heavy atom. The highest BCUT2D eigenvalue weighted by Gasteiger charge is 2.53. The van der Waals surface area contributed by atoms with Crippen LogP contribution in [0, 0.1) is 35.5 Å². The number of hydrogen-bond donors (Lipinski definition) is 3. The Labute approximate surface area is 392 Å². The Kier molecular flexibility index (Phi) is 21.1. The molecule has 0 aromatic carbocycles. The van der Waals surface area contributed by atoms with Crippen molar-refractivity contribution in [3.63, 3.8) is 0 Å². The molecule has 3 N–H and O–H groups in total. The molecule has 3 fully saturated rings. The second-order valence-electron chi connectivity index (χ2n) is 19.8. The van der Waals surface area contributed by atoms with E-state index >= 15 is 0 Å². The number of ether oxygens (including phenoxy) is 5. The van der Waals surface area contributed by atoms with Crippen molar-refractivity contribution >= 4 is 35.0 Å². The lowest BCUT2D eigenvalue weighted by Gasteiger charge is -2.42. The molecule has 0 aromatic heterocycles. The number of aliphatic hydroxyl groups excluding tert-OH is 2. The summed E-state index contributed by atoms with van der Waals surface area (Å²) in [5, 5.41) is 33.8. The number of rotatable bonds is 6. The van der Waals surface area contributed by atoms with Crippen LogP contribution in [0.5, 0.6) is 0 Å². The number of amides is 1. The molecule has 4 aliphatic rings. The van der Waals surface area contributed by atoms with Crippen LogP contribution in [0.3, 0.4) is 0 Å². The summed E-state index contributed by atoms with van der Waals surface area (Å²) in [5.74, 6) is -9.06.